The fourth-order valence-corrected chi connectivity index (χ4v) is 5.15. The number of thiazole rings is 1. The predicted molar refractivity (Wildman–Crippen MR) is 147 cm³/mol. The first-order chi connectivity index (χ1) is 19.6. The molecule has 0 unspecified atom stereocenters. The highest BCUT2D eigenvalue weighted by Gasteiger charge is 2.45. The number of halogens is 4. The first-order valence-electron chi connectivity index (χ1n) is 11.9. The van der Waals surface area contributed by atoms with E-state index in [-0.39, 0.29) is 40.5 Å². The summed E-state index contributed by atoms with van der Waals surface area (Å²) in [7, 11) is 0. The number of allylic oxidation sites excluding steroid dienone is 1. The molecule has 41 heavy (non-hydrogen) atoms. The van der Waals surface area contributed by atoms with Crippen molar-refractivity contribution in [3.05, 3.63) is 89.6 Å². The fourth-order valence-electron chi connectivity index (χ4n) is 4.04. The molecule has 0 aliphatic carbocycles. The van der Waals surface area contributed by atoms with E-state index in [1.165, 1.54) is 43.3 Å². The van der Waals surface area contributed by atoms with Crippen LogP contribution in [0.3, 0.4) is 0 Å². The van der Waals surface area contributed by atoms with Crippen molar-refractivity contribution in [3.8, 4) is 36.2 Å². The normalized spacial score (nSPS) is 14.9. The van der Waals surface area contributed by atoms with Gasteiger partial charge in [-0.15, -0.1) is 12.8 Å². The van der Waals surface area contributed by atoms with Crippen molar-refractivity contribution in [2.45, 2.75) is 19.1 Å². The Hall–Kier alpha value is -4.45. The lowest BCUT2D eigenvalue weighted by molar-refractivity contribution is -0.140. The van der Waals surface area contributed by atoms with Gasteiger partial charge in [0, 0.05) is 16.7 Å². The maximum atomic E-state index is 14.3. The summed E-state index contributed by atoms with van der Waals surface area (Å²) in [6, 6.07) is 8.96. The van der Waals surface area contributed by atoms with Crippen molar-refractivity contribution in [1.82, 2.24) is 4.57 Å². The molecule has 2 heterocycles. The SMILES string of the molecule is C#CCOc1ccc(/C=c2/sc3n(c2=O)[C@H](c2ccc(Cl)cc2)C(C(=O)OCC)=C(C(F)(F)F)N=3)c(OCC#C)c1. The molecule has 2 aromatic carbocycles. The van der Waals surface area contributed by atoms with Gasteiger partial charge in [-0.25, -0.2) is 9.79 Å². The molecule has 0 saturated heterocycles. The van der Waals surface area contributed by atoms with Gasteiger partial charge in [0.05, 0.1) is 22.8 Å². The van der Waals surface area contributed by atoms with Crippen LogP contribution in [0.5, 0.6) is 11.5 Å². The molecule has 1 aliphatic heterocycles. The van der Waals surface area contributed by atoms with E-state index in [0.29, 0.717) is 16.3 Å². The Labute approximate surface area is 241 Å². The Morgan fingerprint density at radius 1 is 1.15 bits per heavy atom. The average Bonchev–Trinajstić information content (AvgIpc) is 3.25. The van der Waals surface area contributed by atoms with Crippen LogP contribution >= 0.6 is 22.9 Å². The van der Waals surface area contributed by atoms with E-state index < -0.39 is 35.0 Å². The van der Waals surface area contributed by atoms with E-state index in [0.717, 1.165) is 15.9 Å². The summed E-state index contributed by atoms with van der Waals surface area (Å²) in [5.74, 6) is 4.07. The van der Waals surface area contributed by atoms with Crippen LogP contribution < -0.4 is 24.4 Å². The summed E-state index contributed by atoms with van der Waals surface area (Å²) in [4.78, 5) is 30.2. The molecular weight excluding hydrogens is 581 g/mol. The second kappa shape index (κ2) is 12.4. The number of nitrogens with zero attached hydrogens (tertiary/aromatic N) is 2. The first kappa shape index (κ1) is 29.5. The lowest BCUT2D eigenvalue weighted by Crippen LogP contribution is -2.41. The average molecular weight is 601 g/mol. The fraction of sp³-hybridized carbons (Fsp3) is 0.207. The lowest BCUT2D eigenvalue weighted by Gasteiger charge is -2.26. The van der Waals surface area contributed by atoms with Crippen LogP contribution in [0, 0.1) is 24.7 Å². The van der Waals surface area contributed by atoms with E-state index in [4.69, 9.17) is 38.7 Å². The molecule has 3 aromatic rings. The summed E-state index contributed by atoms with van der Waals surface area (Å²) in [6.45, 7) is 1.17. The number of hydrogen-bond acceptors (Lipinski definition) is 7. The summed E-state index contributed by atoms with van der Waals surface area (Å²) in [6.07, 6.45) is 6.98. The number of hydrogen-bond donors (Lipinski definition) is 0. The monoisotopic (exact) mass is 600 g/mol. The molecule has 1 aromatic heterocycles. The van der Waals surface area contributed by atoms with Crippen LogP contribution in [-0.4, -0.2) is 36.5 Å². The molecule has 1 atom stereocenters. The summed E-state index contributed by atoms with van der Waals surface area (Å²) in [5, 5.41) is 0.313. The Balaban J connectivity index is 1.98. The number of carbonyl (C=O) groups excluding carboxylic acids is 1. The zero-order valence-corrected chi connectivity index (χ0v) is 22.9. The van der Waals surface area contributed by atoms with Crippen molar-refractivity contribution in [1.29, 1.82) is 0 Å². The van der Waals surface area contributed by atoms with Gasteiger partial charge in [0.15, 0.2) is 10.5 Å². The van der Waals surface area contributed by atoms with Crippen molar-refractivity contribution in [2.24, 2.45) is 4.99 Å². The smallest absolute Gasteiger partial charge is 0.434 e. The number of terminal acetylenes is 2. The van der Waals surface area contributed by atoms with Crippen molar-refractivity contribution in [2.75, 3.05) is 19.8 Å². The molecule has 0 amide bonds. The minimum Gasteiger partial charge on any atom is -0.481 e. The van der Waals surface area contributed by atoms with Gasteiger partial charge in [-0.05, 0) is 42.8 Å². The quantitative estimate of drug-likeness (QED) is 0.288. The summed E-state index contributed by atoms with van der Waals surface area (Å²) < 4.78 is 59.8. The van der Waals surface area contributed by atoms with Gasteiger partial charge in [0.1, 0.15) is 24.7 Å². The van der Waals surface area contributed by atoms with E-state index >= 15 is 0 Å². The maximum absolute atomic E-state index is 14.3. The minimum absolute atomic E-state index is 0.00155. The van der Waals surface area contributed by atoms with Gasteiger partial charge >= 0.3 is 12.1 Å². The number of alkyl halides is 3. The zero-order valence-electron chi connectivity index (χ0n) is 21.3. The third-order valence-corrected chi connectivity index (χ3v) is 6.92. The Bertz CT molecular complexity index is 1780. The zero-order chi connectivity index (χ0) is 29.7. The molecule has 0 saturated carbocycles. The standard InChI is InChI=1S/C29H20ClF3N2O5S/c1-4-13-39-20-12-9-18(21(16-20)40-14-5-2)15-22-26(36)35-24(17-7-10-19(30)11-8-17)23(27(37)38-6-3)25(29(31,32)33)34-28(35)41-22/h1-2,7-12,15-16,24H,6,13-14H2,3H3/b22-15+/t24-/m1/s1. The molecular formula is C29H20ClF3N2O5S. The number of rotatable bonds is 8. The molecule has 0 spiro atoms. The van der Waals surface area contributed by atoms with E-state index in [2.05, 4.69) is 16.8 Å². The van der Waals surface area contributed by atoms with Gasteiger partial charge in [0.25, 0.3) is 5.56 Å². The highest BCUT2D eigenvalue weighted by atomic mass is 35.5. The highest BCUT2D eigenvalue weighted by molar-refractivity contribution is 7.07. The molecule has 0 fully saturated rings. The van der Waals surface area contributed by atoms with Crippen LogP contribution in [0.4, 0.5) is 13.2 Å². The van der Waals surface area contributed by atoms with Crippen LogP contribution in [0.25, 0.3) is 6.08 Å². The van der Waals surface area contributed by atoms with E-state index in [1.807, 2.05) is 0 Å². The van der Waals surface area contributed by atoms with E-state index in [9.17, 15) is 22.8 Å². The van der Waals surface area contributed by atoms with Crippen LogP contribution in [0.2, 0.25) is 5.02 Å². The summed E-state index contributed by atoms with van der Waals surface area (Å²) in [5.41, 5.74) is -2.35. The maximum Gasteiger partial charge on any atom is 0.434 e. The van der Waals surface area contributed by atoms with Gasteiger partial charge in [-0.2, -0.15) is 13.2 Å². The summed E-state index contributed by atoms with van der Waals surface area (Å²) >= 11 is 6.72. The number of fused-ring (bicyclic) bond motifs is 1. The molecule has 0 bridgehead atoms. The van der Waals surface area contributed by atoms with E-state index in [1.54, 1.807) is 12.1 Å². The van der Waals surface area contributed by atoms with Crippen LogP contribution in [0.1, 0.15) is 24.1 Å². The Morgan fingerprint density at radius 2 is 1.83 bits per heavy atom. The lowest BCUT2D eigenvalue weighted by atomic mass is 9.95. The molecule has 0 N–H and O–H groups in total. The largest absolute Gasteiger partial charge is 0.481 e. The van der Waals surface area contributed by atoms with Gasteiger partial charge in [0.2, 0.25) is 0 Å². The third-order valence-electron chi connectivity index (χ3n) is 5.69. The van der Waals surface area contributed by atoms with Crippen molar-refractivity contribution >= 4 is 35.0 Å². The number of ether oxygens (including phenoxy) is 3. The van der Waals surface area contributed by atoms with Crippen LogP contribution in [-0.2, 0) is 9.53 Å². The molecule has 210 valence electrons. The number of benzene rings is 2. The highest BCUT2D eigenvalue weighted by Crippen LogP contribution is 2.38. The Morgan fingerprint density at radius 3 is 2.46 bits per heavy atom. The van der Waals surface area contributed by atoms with Gasteiger partial charge < -0.3 is 14.2 Å². The first-order valence-corrected chi connectivity index (χ1v) is 13.1. The molecule has 7 nitrogen and oxygen atoms in total. The molecule has 12 heteroatoms. The Kier molecular flexibility index (Phi) is 8.92. The van der Waals surface area contributed by atoms with Gasteiger partial charge in [-0.3, -0.25) is 9.36 Å². The number of carbonyl (C=O) groups is 1. The number of esters is 1. The molecule has 0 radical (unpaired) electrons. The molecule has 4 rings (SSSR count). The molecule has 1 aliphatic rings. The van der Waals surface area contributed by atoms with Gasteiger partial charge in [-0.1, -0.05) is 46.9 Å². The topological polar surface area (TPSA) is 79.1 Å². The minimum atomic E-state index is -5.02. The number of aromatic nitrogens is 1. The van der Waals surface area contributed by atoms with Crippen molar-refractivity contribution in [3.63, 3.8) is 0 Å². The van der Waals surface area contributed by atoms with Crippen molar-refractivity contribution < 1.29 is 32.2 Å². The third kappa shape index (κ3) is 6.32. The predicted octanol–water partition coefficient (Wildman–Crippen LogP) is 4.02. The second-order valence-corrected chi connectivity index (χ2v) is 9.75. The van der Waals surface area contributed by atoms with Crippen LogP contribution in [0.15, 0.2) is 63.5 Å². The second-order valence-electron chi connectivity index (χ2n) is 8.30.